The maximum atomic E-state index is 14.6. The number of nitrogens with one attached hydrogen (secondary N) is 1. The molecule has 3 aliphatic heterocycles. The summed E-state index contributed by atoms with van der Waals surface area (Å²) in [7, 11) is 2.16. The van der Waals surface area contributed by atoms with Gasteiger partial charge in [0.25, 0.3) is 5.56 Å². The Morgan fingerprint density at radius 3 is 2.04 bits per heavy atom. The molecule has 0 spiro atoms. The number of aryl methyl sites for hydroxylation is 1. The van der Waals surface area contributed by atoms with Crippen LogP contribution in [-0.2, 0) is 34.2 Å². The van der Waals surface area contributed by atoms with Crippen LogP contribution in [0.15, 0.2) is 115 Å². The fraction of sp³-hybridized carbons (Fsp3) is 0.357. The van der Waals surface area contributed by atoms with Crippen LogP contribution in [-0.4, -0.2) is 129 Å². The monoisotopic (exact) mass is 958 g/mol. The zero-order chi connectivity index (χ0) is 49.6. The molecule has 0 saturated carbocycles. The molecule has 71 heavy (non-hydrogen) atoms. The first-order valence-electron chi connectivity index (χ1n) is 24.6. The van der Waals surface area contributed by atoms with Crippen LogP contribution in [0.2, 0.25) is 0 Å². The van der Waals surface area contributed by atoms with Gasteiger partial charge in [0, 0.05) is 68.9 Å². The Morgan fingerprint density at radius 1 is 0.732 bits per heavy atom. The number of carbonyl (C=O) groups excluding carboxylic acids is 4. The predicted octanol–water partition coefficient (Wildman–Crippen LogP) is 7.31. The van der Waals surface area contributed by atoms with E-state index in [0.29, 0.717) is 67.3 Å². The van der Waals surface area contributed by atoms with Crippen LogP contribution in [0.4, 0.5) is 4.79 Å². The van der Waals surface area contributed by atoms with Crippen LogP contribution in [0, 0.1) is 6.92 Å². The number of carbonyl (C=O) groups is 4. The summed E-state index contributed by atoms with van der Waals surface area (Å²) in [4.78, 5) is 77.7. The highest BCUT2D eigenvalue weighted by atomic mass is 16.5. The van der Waals surface area contributed by atoms with Gasteiger partial charge in [-0.2, -0.15) is 5.10 Å². The minimum Gasteiger partial charge on any atom is -0.440 e. The van der Waals surface area contributed by atoms with Gasteiger partial charge >= 0.3 is 18.0 Å². The topological polar surface area (TPSA) is 152 Å². The summed E-state index contributed by atoms with van der Waals surface area (Å²) in [6.07, 6.45) is 8.69. The normalized spacial score (nSPS) is 16.7. The molecule has 3 aliphatic rings. The van der Waals surface area contributed by atoms with Crippen LogP contribution in [0.3, 0.4) is 0 Å². The van der Waals surface area contributed by atoms with E-state index in [-0.39, 0.29) is 43.3 Å². The van der Waals surface area contributed by atoms with E-state index in [1.165, 1.54) is 4.57 Å². The van der Waals surface area contributed by atoms with Crippen molar-refractivity contribution >= 4 is 57.8 Å². The summed E-state index contributed by atoms with van der Waals surface area (Å²) in [5.41, 5.74) is 5.88. The predicted molar refractivity (Wildman–Crippen MR) is 275 cm³/mol. The summed E-state index contributed by atoms with van der Waals surface area (Å²) >= 11 is 0. The lowest BCUT2D eigenvalue weighted by Gasteiger charge is -2.43. The molecule has 3 amide bonds. The molecule has 5 heterocycles. The Hall–Kier alpha value is -7.36. The molecule has 1 atom stereocenters. The standard InChI is InChI=1S/C56H62N8O7/c1-5-39-11-9-14-44(30-39)54(67)70-36-63-35-46-32-41(29-38(3)51(46)58-63)33-49(53(66)61-27-25-60(26-28-61)47-19-21-59(4)22-20-47)57-56(69)62-23-17-42(18-24-62)48-34-43-13-7-8-16-50(43)64(52(48)65)37-71-55(68)45-15-10-12-40(6-2)31-45/h5-16,29-32,34-35,42,47,49H,1-2,17-28,33,36-37H2,3-4H3,(H,57,69)/t49-/m1/s1. The molecule has 3 fully saturated rings. The number of amides is 3. The Morgan fingerprint density at radius 2 is 1.38 bits per heavy atom. The number of benzene rings is 4. The molecule has 6 aromatic rings. The highest BCUT2D eigenvalue weighted by Gasteiger charge is 2.34. The number of fused-ring (bicyclic) bond motifs is 2. The van der Waals surface area contributed by atoms with Gasteiger partial charge in [0.05, 0.1) is 22.2 Å². The van der Waals surface area contributed by atoms with Crippen molar-refractivity contribution in [3.63, 3.8) is 0 Å². The van der Waals surface area contributed by atoms with E-state index in [9.17, 15) is 24.0 Å². The minimum atomic E-state index is -0.844. The van der Waals surface area contributed by atoms with Crippen LogP contribution in [0.5, 0.6) is 0 Å². The van der Waals surface area contributed by atoms with Gasteiger partial charge in [-0.3, -0.25) is 19.1 Å². The van der Waals surface area contributed by atoms with E-state index in [4.69, 9.17) is 14.6 Å². The molecule has 368 valence electrons. The number of para-hydroxylation sites is 1. The molecule has 9 rings (SSSR count). The zero-order valence-electron chi connectivity index (χ0n) is 40.6. The number of hydrogen-bond donors (Lipinski definition) is 1. The summed E-state index contributed by atoms with van der Waals surface area (Å²) < 4.78 is 14.4. The average Bonchev–Trinajstić information content (AvgIpc) is 3.83. The van der Waals surface area contributed by atoms with Crippen molar-refractivity contribution in [1.82, 2.24) is 39.3 Å². The summed E-state index contributed by atoms with van der Waals surface area (Å²) in [6, 6.07) is 26.8. The molecular formula is C56H62N8O7. The number of ether oxygens (including phenoxy) is 2. The number of rotatable bonds is 14. The average molecular weight is 959 g/mol. The molecule has 2 aromatic heterocycles. The van der Waals surface area contributed by atoms with E-state index in [1.807, 2.05) is 72.6 Å². The minimum absolute atomic E-state index is 0.0868. The third kappa shape index (κ3) is 11.2. The first-order chi connectivity index (χ1) is 34.4. The third-order valence-electron chi connectivity index (χ3n) is 14.4. The second kappa shape index (κ2) is 21.7. The Balaban J connectivity index is 0.891. The van der Waals surface area contributed by atoms with Gasteiger partial charge < -0.3 is 29.5 Å². The zero-order valence-corrected chi connectivity index (χ0v) is 40.6. The van der Waals surface area contributed by atoms with Gasteiger partial charge in [-0.25, -0.2) is 19.1 Å². The lowest BCUT2D eigenvalue weighted by atomic mass is 9.89. The number of piperidine rings is 2. The number of piperazine rings is 1. The molecule has 0 aliphatic carbocycles. The van der Waals surface area contributed by atoms with E-state index < -0.39 is 18.0 Å². The lowest BCUT2D eigenvalue weighted by molar-refractivity contribution is -0.135. The highest BCUT2D eigenvalue weighted by molar-refractivity contribution is 5.91. The number of urea groups is 1. The largest absolute Gasteiger partial charge is 0.440 e. The quantitative estimate of drug-likeness (QED) is 0.110. The summed E-state index contributed by atoms with van der Waals surface area (Å²) in [5.74, 6) is -1.29. The number of nitrogens with zero attached hydrogens (tertiary/aromatic N) is 7. The van der Waals surface area contributed by atoms with Gasteiger partial charge in [0.1, 0.15) is 6.04 Å². The fourth-order valence-corrected chi connectivity index (χ4v) is 10.3. The molecule has 1 N–H and O–H groups in total. The van der Waals surface area contributed by atoms with Crippen molar-refractivity contribution in [2.24, 2.45) is 0 Å². The molecule has 0 radical (unpaired) electrons. The van der Waals surface area contributed by atoms with E-state index >= 15 is 0 Å². The SMILES string of the molecule is C=Cc1cccc(C(=O)OCn2cc3cc(C[C@@H](NC(=O)N4CCC(c5cc6ccccc6n(COC(=O)c6cccc(C=C)c6)c5=O)CC4)C(=O)N4CCN(C5CCN(C)CC5)CC4)cc(C)c3n2)c1. The Kier molecular flexibility index (Phi) is 14.9. The number of likely N-dealkylation sites (tertiary alicyclic amines) is 2. The number of hydrogen-bond acceptors (Lipinski definition) is 10. The van der Waals surface area contributed by atoms with Crippen molar-refractivity contribution in [2.45, 2.75) is 70.5 Å². The van der Waals surface area contributed by atoms with Gasteiger partial charge in [-0.05, 0) is 129 Å². The number of esters is 2. The second-order valence-corrected chi connectivity index (χ2v) is 19.1. The van der Waals surface area contributed by atoms with Crippen molar-refractivity contribution in [1.29, 1.82) is 0 Å². The molecule has 4 aromatic carbocycles. The molecule has 15 nitrogen and oxygen atoms in total. The van der Waals surface area contributed by atoms with Crippen LogP contribution in [0.25, 0.3) is 34.0 Å². The van der Waals surface area contributed by atoms with Gasteiger partial charge in [0.2, 0.25) is 5.91 Å². The van der Waals surface area contributed by atoms with Crippen LogP contribution in [0.1, 0.15) is 80.1 Å². The van der Waals surface area contributed by atoms with E-state index in [1.54, 1.807) is 58.1 Å². The molecule has 3 saturated heterocycles. The summed E-state index contributed by atoms with van der Waals surface area (Å²) in [5, 5.41) is 9.53. The Bertz CT molecular complexity index is 3030. The second-order valence-electron chi connectivity index (χ2n) is 19.1. The van der Waals surface area contributed by atoms with Crippen LogP contribution >= 0.6 is 0 Å². The summed E-state index contributed by atoms with van der Waals surface area (Å²) in [6.45, 7) is 14.8. The molecule has 0 unspecified atom stereocenters. The molecule has 0 bridgehead atoms. The van der Waals surface area contributed by atoms with Gasteiger partial charge in [0.15, 0.2) is 13.5 Å². The third-order valence-corrected chi connectivity index (χ3v) is 14.4. The van der Waals surface area contributed by atoms with E-state index in [2.05, 4.69) is 35.3 Å². The lowest BCUT2D eigenvalue weighted by Crippen LogP contribution is -2.59. The first-order valence-corrected chi connectivity index (χ1v) is 24.6. The van der Waals surface area contributed by atoms with Crippen molar-refractivity contribution in [2.75, 3.05) is 59.4 Å². The first kappa shape index (κ1) is 48.7. The smallest absolute Gasteiger partial charge is 0.339 e. The maximum Gasteiger partial charge on any atom is 0.339 e. The fourth-order valence-electron chi connectivity index (χ4n) is 10.3. The van der Waals surface area contributed by atoms with Crippen molar-refractivity contribution in [3.05, 3.63) is 160 Å². The molecule has 15 heteroatoms. The van der Waals surface area contributed by atoms with Crippen LogP contribution < -0.4 is 10.9 Å². The Labute approximate surface area is 413 Å². The van der Waals surface area contributed by atoms with Gasteiger partial charge in [-0.1, -0.05) is 73.8 Å². The van der Waals surface area contributed by atoms with E-state index in [0.717, 1.165) is 77.6 Å². The number of aromatic nitrogens is 3. The van der Waals surface area contributed by atoms with Gasteiger partial charge in [-0.15, -0.1) is 0 Å². The van der Waals surface area contributed by atoms with Crippen molar-refractivity contribution < 1.29 is 28.7 Å². The highest BCUT2D eigenvalue weighted by Crippen LogP contribution is 2.29. The van der Waals surface area contributed by atoms with Crippen molar-refractivity contribution in [3.8, 4) is 0 Å². The maximum absolute atomic E-state index is 14.6. The number of pyridine rings is 1. The molecular weight excluding hydrogens is 897 g/mol.